The lowest BCUT2D eigenvalue weighted by atomic mass is 9.45. The monoisotopic (exact) mass is 236 g/mol. The van der Waals surface area contributed by atoms with Crippen molar-refractivity contribution >= 4 is 11.8 Å². The molecule has 3 aliphatic rings. The van der Waals surface area contributed by atoms with E-state index in [9.17, 15) is 9.59 Å². The lowest BCUT2D eigenvalue weighted by Gasteiger charge is -2.63. The van der Waals surface area contributed by atoms with Gasteiger partial charge >= 0.3 is 5.97 Å². The van der Waals surface area contributed by atoms with Crippen LogP contribution in [0.3, 0.4) is 0 Å². The van der Waals surface area contributed by atoms with E-state index in [4.69, 9.17) is 4.74 Å². The van der Waals surface area contributed by atoms with E-state index in [0.717, 1.165) is 25.7 Å². The fourth-order valence-corrected chi connectivity index (χ4v) is 4.64. The number of ether oxygens (including phenoxy) is 1. The molecule has 94 valence electrons. The van der Waals surface area contributed by atoms with Gasteiger partial charge in [0.05, 0.1) is 5.92 Å². The van der Waals surface area contributed by atoms with E-state index in [1.165, 1.54) is 19.8 Å². The largest absolute Gasteiger partial charge is 0.458 e. The molecular weight excluding hydrogens is 216 g/mol. The zero-order valence-electron chi connectivity index (χ0n) is 10.4. The van der Waals surface area contributed by atoms with Crippen LogP contribution < -0.4 is 0 Å². The molecule has 3 heteroatoms. The SMILES string of the molecule is CC(=O)O[C@@]12CCCC(=O)[C@H]1C1CCCCC12. The van der Waals surface area contributed by atoms with Gasteiger partial charge in [-0.05, 0) is 31.6 Å². The van der Waals surface area contributed by atoms with Crippen molar-refractivity contribution in [1.29, 1.82) is 0 Å². The van der Waals surface area contributed by atoms with Gasteiger partial charge in [0.25, 0.3) is 0 Å². The van der Waals surface area contributed by atoms with Crippen LogP contribution in [-0.4, -0.2) is 17.4 Å². The standard InChI is InChI=1S/C14H20O3/c1-9(15)17-14-8-4-7-12(16)13(14)10-5-2-3-6-11(10)14/h10-11,13H,2-8H2,1H3/t10?,11?,13-,14-/m1/s1. The molecule has 3 rings (SSSR count). The van der Waals surface area contributed by atoms with Gasteiger partial charge in [-0.15, -0.1) is 0 Å². The Kier molecular flexibility index (Phi) is 2.53. The molecule has 0 aliphatic heterocycles. The topological polar surface area (TPSA) is 43.4 Å². The number of fused-ring (bicyclic) bond motifs is 4. The van der Waals surface area contributed by atoms with Crippen LogP contribution in [0.1, 0.15) is 51.9 Å². The van der Waals surface area contributed by atoms with Gasteiger partial charge in [0, 0.05) is 19.3 Å². The molecule has 17 heavy (non-hydrogen) atoms. The minimum absolute atomic E-state index is 0.0328. The second kappa shape index (κ2) is 3.82. The average Bonchev–Trinajstić information content (AvgIpc) is 2.26. The van der Waals surface area contributed by atoms with Crippen molar-refractivity contribution in [2.45, 2.75) is 57.5 Å². The highest BCUT2D eigenvalue weighted by atomic mass is 16.6. The summed E-state index contributed by atoms with van der Waals surface area (Å²) >= 11 is 0. The van der Waals surface area contributed by atoms with Gasteiger partial charge in [0.15, 0.2) is 0 Å². The van der Waals surface area contributed by atoms with Gasteiger partial charge in [0.1, 0.15) is 11.4 Å². The summed E-state index contributed by atoms with van der Waals surface area (Å²) in [5.41, 5.74) is -0.397. The Hall–Kier alpha value is -0.860. The fourth-order valence-electron chi connectivity index (χ4n) is 4.64. The average molecular weight is 236 g/mol. The number of Topliss-reactive ketones (excluding diaryl/α,β-unsaturated/α-hetero) is 1. The first kappa shape index (κ1) is 11.2. The molecule has 0 aromatic carbocycles. The number of carbonyl (C=O) groups is 2. The number of hydrogen-bond donors (Lipinski definition) is 0. The predicted octanol–water partition coefficient (Wildman–Crippen LogP) is 2.48. The fraction of sp³-hybridized carbons (Fsp3) is 0.857. The molecule has 0 heterocycles. The zero-order chi connectivity index (χ0) is 12.0. The van der Waals surface area contributed by atoms with Crippen molar-refractivity contribution in [3.05, 3.63) is 0 Å². The van der Waals surface area contributed by atoms with E-state index in [2.05, 4.69) is 0 Å². The predicted molar refractivity (Wildman–Crippen MR) is 62.3 cm³/mol. The summed E-state index contributed by atoms with van der Waals surface area (Å²) in [6.45, 7) is 1.47. The van der Waals surface area contributed by atoms with Crippen LogP contribution in [0.2, 0.25) is 0 Å². The Labute approximate surface area is 102 Å². The Morgan fingerprint density at radius 1 is 1.29 bits per heavy atom. The van der Waals surface area contributed by atoms with Gasteiger partial charge < -0.3 is 4.74 Å². The van der Waals surface area contributed by atoms with Crippen molar-refractivity contribution in [2.75, 3.05) is 0 Å². The van der Waals surface area contributed by atoms with Crippen molar-refractivity contribution in [3.63, 3.8) is 0 Å². The molecule has 2 unspecified atom stereocenters. The zero-order valence-corrected chi connectivity index (χ0v) is 10.4. The molecule has 3 aliphatic carbocycles. The smallest absolute Gasteiger partial charge is 0.303 e. The van der Waals surface area contributed by atoms with Crippen molar-refractivity contribution in [1.82, 2.24) is 0 Å². The van der Waals surface area contributed by atoms with Crippen LogP contribution in [0.15, 0.2) is 0 Å². The first-order valence-electron chi connectivity index (χ1n) is 6.87. The van der Waals surface area contributed by atoms with E-state index in [1.807, 2.05) is 0 Å². The summed E-state index contributed by atoms with van der Waals surface area (Å²) in [5, 5.41) is 0. The van der Waals surface area contributed by atoms with Crippen LogP contribution in [0.25, 0.3) is 0 Å². The Morgan fingerprint density at radius 2 is 2.06 bits per heavy atom. The van der Waals surface area contributed by atoms with E-state index in [1.54, 1.807) is 0 Å². The maximum atomic E-state index is 12.1. The van der Waals surface area contributed by atoms with Crippen LogP contribution >= 0.6 is 0 Å². The highest BCUT2D eigenvalue weighted by molar-refractivity contribution is 5.85. The van der Waals surface area contributed by atoms with Gasteiger partial charge in [-0.2, -0.15) is 0 Å². The molecule has 3 fully saturated rings. The Bertz CT molecular complexity index is 362. The number of ketones is 1. The second-order valence-electron chi connectivity index (χ2n) is 5.90. The number of hydrogen-bond acceptors (Lipinski definition) is 3. The van der Waals surface area contributed by atoms with Crippen molar-refractivity contribution in [2.24, 2.45) is 17.8 Å². The van der Waals surface area contributed by atoms with Crippen LogP contribution in [0.5, 0.6) is 0 Å². The molecule has 0 radical (unpaired) electrons. The summed E-state index contributed by atoms with van der Waals surface area (Å²) < 4.78 is 5.66. The molecule has 0 saturated heterocycles. The first-order valence-corrected chi connectivity index (χ1v) is 6.87. The van der Waals surface area contributed by atoms with Crippen LogP contribution in [0, 0.1) is 17.8 Å². The third-order valence-corrected chi connectivity index (χ3v) is 5.07. The Balaban J connectivity index is 1.90. The summed E-state index contributed by atoms with van der Waals surface area (Å²) in [4.78, 5) is 23.5. The van der Waals surface area contributed by atoms with E-state index < -0.39 is 5.60 Å². The van der Waals surface area contributed by atoms with Crippen LogP contribution in [0.4, 0.5) is 0 Å². The summed E-state index contributed by atoms with van der Waals surface area (Å²) in [7, 11) is 0. The van der Waals surface area contributed by atoms with Gasteiger partial charge in [-0.1, -0.05) is 12.8 Å². The normalized spacial score (nSPS) is 44.3. The molecule has 0 aromatic heterocycles. The molecule has 3 saturated carbocycles. The van der Waals surface area contributed by atoms with E-state index in [0.29, 0.717) is 24.0 Å². The van der Waals surface area contributed by atoms with Crippen molar-refractivity contribution in [3.8, 4) is 0 Å². The molecule has 0 spiro atoms. The van der Waals surface area contributed by atoms with Crippen LogP contribution in [-0.2, 0) is 14.3 Å². The van der Waals surface area contributed by atoms with E-state index in [-0.39, 0.29) is 11.9 Å². The Morgan fingerprint density at radius 3 is 2.82 bits per heavy atom. The third kappa shape index (κ3) is 1.47. The summed E-state index contributed by atoms with van der Waals surface area (Å²) in [6.07, 6.45) is 7.25. The van der Waals surface area contributed by atoms with E-state index >= 15 is 0 Å². The first-order chi connectivity index (χ1) is 8.15. The maximum Gasteiger partial charge on any atom is 0.303 e. The molecular formula is C14H20O3. The van der Waals surface area contributed by atoms with Gasteiger partial charge in [-0.3, -0.25) is 9.59 Å². The third-order valence-electron chi connectivity index (χ3n) is 5.07. The molecule has 0 aromatic rings. The lowest BCUT2D eigenvalue weighted by molar-refractivity contribution is -0.239. The second-order valence-corrected chi connectivity index (χ2v) is 5.90. The number of carbonyl (C=O) groups excluding carboxylic acids is 2. The van der Waals surface area contributed by atoms with Gasteiger partial charge in [0.2, 0.25) is 0 Å². The molecule has 3 nitrogen and oxygen atoms in total. The molecule has 4 atom stereocenters. The number of esters is 1. The lowest BCUT2D eigenvalue weighted by Crippen LogP contribution is -2.69. The molecule has 0 bridgehead atoms. The molecule has 0 N–H and O–H groups in total. The van der Waals surface area contributed by atoms with Crippen molar-refractivity contribution < 1.29 is 14.3 Å². The minimum Gasteiger partial charge on any atom is -0.458 e. The summed E-state index contributed by atoms with van der Waals surface area (Å²) in [5.74, 6) is 1.14. The minimum atomic E-state index is -0.397. The maximum absolute atomic E-state index is 12.1. The highest BCUT2D eigenvalue weighted by Gasteiger charge is 2.67. The highest BCUT2D eigenvalue weighted by Crippen LogP contribution is 2.62. The molecule has 0 amide bonds. The quantitative estimate of drug-likeness (QED) is 0.657. The van der Waals surface area contributed by atoms with Gasteiger partial charge in [-0.25, -0.2) is 0 Å². The number of rotatable bonds is 1. The summed E-state index contributed by atoms with van der Waals surface area (Å²) in [6, 6.07) is 0.